The third-order valence-electron chi connectivity index (χ3n) is 10.5. The van der Waals surface area contributed by atoms with Crippen LogP contribution in [0, 0.1) is 38.3 Å². The molecule has 4 aromatic heterocycles. The van der Waals surface area contributed by atoms with Crippen molar-refractivity contribution in [3.05, 3.63) is 162 Å². The molecule has 0 amide bonds. The Bertz CT molecular complexity index is 2900. The summed E-state index contributed by atoms with van der Waals surface area (Å²) in [6.45, 7) is 20.4. The van der Waals surface area contributed by atoms with Crippen molar-refractivity contribution in [1.29, 1.82) is 0 Å². The van der Waals surface area contributed by atoms with Gasteiger partial charge in [-0.25, -0.2) is 4.98 Å². The van der Waals surface area contributed by atoms with Crippen molar-refractivity contribution in [2.45, 2.75) is 67.6 Å². The fourth-order valence-electron chi connectivity index (χ4n) is 8.00. The first kappa shape index (κ1) is 41.7. The largest absolute Gasteiger partial charge is 0.486 e. The number of fused-ring (bicyclic) bond motifs is 4. The van der Waals surface area contributed by atoms with Crippen LogP contribution in [0.25, 0.3) is 72.6 Å². The first-order valence-electron chi connectivity index (χ1n) is 20.1. The maximum absolute atomic E-state index is 6.35. The van der Waals surface area contributed by atoms with Gasteiger partial charge in [-0.3, -0.25) is 4.98 Å². The van der Waals surface area contributed by atoms with Gasteiger partial charge in [0, 0.05) is 43.1 Å². The molecular weight excluding hydrogens is 917 g/mol. The molecule has 1 radical (unpaired) electrons. The van der Waals surface area contributed by atoms with Crippen molar-refractivity contribution >= 4 is 46.4 Å². The number of rotatable bonds is 6. The van der Waals surface area contributed by atoms with Crippen molar-refractivity contribution in [3.63, 3.8) is 0 Å². The molecule has 0 aliphatic carbocycles. The van der Waals surface area contributed by atoms with E-state index in [0.29, 0.717) is 5.71 Å². The number of aromatic nitrogens is 4. The molecule has 0 aliphatic heterocycles. The maximum Gasteiger partial charge on any atom is 0.216 e. The second-order valence-electron chi connectivity index (χ2n) is 17.6. The van der Waals surface area contributed by atoms with Crippen LogP contribution >= 0.6 is 0 Å². The molecular formula is C52H50IrN4OSi-2. The normalized spacial score (nSPS) is 11.7. The van der Waals surface area contributed by atoms with Crippen LogP contribution in [-0.2, 0) is 26.5 Å². The van der Waals surface area contributed by atoms with Crippen LogP contribution in [0.15, 0.2) is 132 Å². The summed E-state index contributed by atoms with van der Waals surface area (Å²) in [6.07, 6.45) is 3.21. The minimum atomic E-state index is -1.37. The molecule has 7 heteroatoms. The van der Waals surface area contributed by atoms with E-state index in [-0.39, 0.29) is 25.5 Å². The molecule has 5 nitrogen and oxygen atoms in total. The fraction of sp³-hybridized carbons (Fsp3) is 0.212. The SMILES string of the molecule is CC(C)(C)Cc1cc(-c2[c-]cccc2)ncc1[Si](C)(C)C.Cc1ccc2c(n1)oc1c(-c3nc4ccccc4n3-c3c(C)cc(-c4ccccc4)cc3C)[c-]ccc12.[Ir]. The van der Waals surface area contributed by atoms with E-state index in [1.165, 1.54) is 33.0 Å². The zero-order valence-corrected chi connectivity index (χ0v) is 38.8. The molecule has 0 spiro atoms. The van der Waals surface area contributed by atoms with Gasteiger partial charge in [-0.15, -0.1) is 54.1 Å². The summed E-state index contributed by atoms with van der Waals surface area (Å²) in [5, 5.41) is 3.50. The van der Waals surface area contributed by atoms with Gasteiger partial charge >= 0.3 is 0 Å². The van der Waals surface area contributed by atoms with Crippen molar-refractivity contribution in [1.82, 2.24) is 19.5 Å². The van der Waals surface area contributed by atoms with Crippen molar-refractivity contribution in [2.75, 3.05) is 0 Å². The summed E-state index contributed by atoms with van der Waals surface area (Å²) in [4.78, 5) is 14.5. The van der Waals surface area contributed by atoms with Crippen LogP contribution in [0.2, 0.25) is 19.6 Å². The number of hydrogen-bond acceptors (Lipinski definition) is 4. The van der Waals surface area contributed by atoms with Gasteiger partial charge in [0.05, 0.1) is 30.5 Å². The van der Waals surface area contributed by atoms with Crippen molar-refractivity contribution in [2.24, 2.45) is 5.41 Å². The number of hydrogen-bond donors (Lipinski definition) is 0. The zero-order chi connectivity index (χ0) is 40.8. The van der Waals surface area contributed by atoms with Crippen LogP contribution in [-0.4, -0.2) is 27.6 Å². The topological polar surface area (TPSA) is 56.7 Å². The summed E-state index contributed by atoms with van der Waals surface area (Å²) in [7, 11) is -1.37. The van der Waals surface area contributed by atoms with Gasteiger partial charge < -0.3 is 14.0 Å². The van der Waals surface area contributed by atoms with Gasteiger partial charge in [0.1, 0.15) is 0 Å². The van der Waals surface area contributed by atoms with E-state index in [1.54, 1.807) is 0 Å². The van der Waals surface area contributed by atoms with Gasteiger partial charge in [0.2, 0.25) is 5.71 Å². The minimum Gasteiger partial charge on any atom is -0.486 e. The van der Waals surface area contributed by atoms with E-state index in [4.69, 9.17) is 14.4 Å². The van der Waals surface area contributed by atoms with Crippen LogP contribution < -0.4 is 5.19 Å². The Morgan fingerprint density at radius 3 is 2.12 bits per heavy atom. The number of nitrogens with zero attached hydrogens (tertiary/aromatic N) is 4. The summed E-state index contributed by atoms with van der Waals surface area (Å²) < 4.78 is 8.60. The predicted octanol–water partition coefficient (Wildman–Crippen LogP) is 13.1. The average molecular weight is 967 g/mol. The molecule has 5 aromatic carbocycles. The Kier molecular flexibility index (Phi) is 11.8. The first-order chi connectivity index (χ1) is 27.7. The van der Waals surface area contributed by atoms with Gasteiger partial charge in [-0.1, -0.05) is 105 Å². The summed E-state index contributed by atoms with van der Waals surface area (Å²) in [6, 6.07) is 48.5. The molecule has 9 aromatic rings. The van der Waals surface area contributed by atoms with Crippen molar-refractivity contribution in [3.8, 4) is 39.5 Å². The number of benzene rings is 5. The number of aryl methyl sites for hydroxylation is 3. The number of pyridine rings is 2. The van der Waals surface area contributed by atoms with Crippen LogP contribution in [0.3, 0.4) is 0 Å². The maximum atomic E-state index is 6.35. The molecule has 9 rings (SSSR count). The molecule has 4 heterocycles. The molecule has 59 heavy (non-hydrogen) atoms. The third kappa shape index (κ3) is 8.65. The average Bonchev–Trinajstić information content (AvgIpc) is 3.76. The number of furan rings is 1. The Labute approximate surface area is 363 Å². The summed E-state index contributed by atoms with van der Waals surface area (Å²) >= 11 is 0. The molecule has 0 saturated heterocycles. The number of imidazole rings is 1. The molecule has 0 N–H and O–H groups in total. The second-order valence-corrected chi connectivity index (χ2v) is 22.6. The van der Waals surface area contributed by atoms with E-state index >= 15 is 0 Å². The Morgan fingerprint density at radius 1 is 0.712 bits per heavy atom. The fourth-order valence-corrected chi connectivity index (χ4v) is 9.57. The smallest absolute Gasteiger partial charge is 0.216 e. The summed E-state index contributed by atoms with van der Waals surface area (Å²) in [5.41, 5.74) is 14.9. The zero-order valence-electron chi connectivity index (χ0n) is 35.4. The molecule has 0 unspecified atom stereocenters. The molecule has 299 valence electrons. The minimum absolute atomic E-state index is 0. The van der Waals surface area contributed by atoms with Crippen LogP contribution in [0.5, 0.6) is 0 Å². The van der Waals surface area contributed by atoms with E-state index in [0.717, 1.165) is 67.8 Å². The van der Waals surface area contributed by atoms with E-state index in [2.05, 4.69) is 155 Å². The van der Waals surface area contributed by atoms with Gasteiger partial charge in [0.15, 0.2) is 0 Å². The first-order valence-corrected chi connectivity index (χ1v) is 23.6. The number of para-hydroxylation sites is 2. The van der Waals surface area contributed by atoms with Gasteiger partial charge in [-0.2, -0.15) is 0 Å². The summed E-state index contributed by atoms with van der Waals surface area (Å²) in [5.74, 6) is 0.807. The Hall–Kier alpha value is -5.46. The quantitative estimate of drug-likeness (QED) is 0.123. The van der Waals surface area contributed by atoms with E-state index in [9.17, 15) is 0 Å². The Morgan fingerprint density at radius 2 is 1.42 bits per heavy atom. The Balaban J connectivity index is 0.000000206. The van der Waals surface area contributed by atoms with E-state index in [1.807, 2.05) is 55.5 Å². The third-order valence-corrected chi connectivity index (χ3v) is 12.6. The molecule has 0 bridgehead atoms. The molecule has 0 atom stereocenters. The molecule has 0 fully saturated rings. The molecule has 0 saturated carbocycles. The molecule has 0 aliphatic rings. The van der Waals surface area contributed by atoms with Gasteiger partial charge in [0.25, 0.3) is 0 Å². The standard InChI is InChI=1S/C33H24N3O.C19H26NSi.Ir/c1-20-18-24(23-10-5-4-6-11-23)19-21(2)30(20)36-29-15-8-7-14-28(29)35-32(36)27-13-9-12-25-26-17-16-22(3)34-33(26)37-31(25)27;1-19(2,3)13-16-12-17(15-10-8-7-9-11-15)20-14-18(16)21(4,5)6;/h4-12,14-19H,1-3H3;7-10,12,14H,13H2,1-6H3;/q2*-1;. The van der Waals surface area contributed by atoms with Crippen LogP contribution in [0.1, 0.15) is 43.2 Å². The monoisotopic (exact) mass is 967 g/mol. The second kappa shape index (κ2) is 16.7. The van der Waals surface area contributed by atoms with Crippen molar-refractivity contribution < 1.29 is 24.5 Å². The van der Waals surface area contributed by atoms with Gasteiger partial charge in [-0.05, 0) is 102 Å². The van der Waals surface area contributed by atoms with Crippen LogP contribution in [0.4, 0.5) is 0 Å². The van der Waals surface area contributed by atoms with E-state index < -0.39 is 8.07 Å². The predicted molar refractivity (Wildman–Crippen MR) is 245 cm³/mol.